The highest BCUT2D eigenvalue weighted by molar-refractivity contribution is 6.27. The van der Waals surface area contributed by atoms with Crippen LogP contribution in [0.2, 0.25) is 0 Å². The number of rotatable bonds is 8. The van der Waals surface area contributed by atoms with E-state index in [0.29, 0.717) is 0 Å². The average molecular weight is 430 g/mol. The van der Waals surface area contributed by atoms with Gasteiger partial charge in [-0.1, -0.05) is 31.2 Å². The molecule has 2 aromatic carbocycles. The summed E-state index contributed by atoms with van der Waals surface area (Å²) in [6, 6.07) is 17.7. The minimum atomic E-state index is -1.82. The lowest BCUT2D eigenvalue weighted by Crippen LogP contribution is -2.35. The summed E-state index contributed by atoms with van der Waals surface area (Å²) in [6.45, 7) is 6.85. The van der Waals surface area contributed by atoms with Crippen LogP contribution in [0.4, 0.5) is 0 Å². The number of ether oxygens (including phenoxy) is 2. The number of unbranched alkanes of at least 4 members (excludes halogenated alkanes) is 1. The zero-order valence-electron chi connectivity index (χ0n) is 17.9. The van der Waals surface area contributed by atoms with Gasteiger partial charge in [0.1, 0.15) is 17.2 Å². The molecule has 2 N–H and O–H groups in total. The third-order valence-corrected chi connectivity index (χ3v) is 4.85. The Hall–Kier alpha value is -3.06. The fourth-order valence-electron chi connectivity index (χ4n) is 3.37. The highest BCUT2D eigenvalue weighted by Crippen LogP contribution is 2.25. The Bertz CT molecular complexity index is 799. The predicted octanol–water partition coefficient (Wildman–Crippen LogP) is 4.53. The van der Waals surface area contributed by atoms with Crippen LogP contribution in [0.25, 0.3) is 0 Å². The van der Waals surface area contributed by atoms with Crippen LogP contribution in [0.1, 0.15) is 32.6 Å². The Labute approximate surface area is 183 Å². The molecule has 3 rings (SSSR count). The van der Waals surface area contributed by atoms with Crippen molar-refractivity contribution in [2.45, 2.75) is 32.6 Å². The number of hydrogen-bond acceptors (Lipinski definition) is 5. The molecule has 1 saturated heterocycles. The molecule has 0 saturated carbocycles. The molecule has 0 aromatic heterocycles. The molecule has 1 atom stereocenters. The Kier molecular flexibility index (Phi) is 10.4. The molecule has 0 bridgehead atoms. The molecule has 0 spiro atoms. The van der Waals surface area contributed by atoms with Crippen LogP contribution in [0.5, 0.6) is 17.2 Å². The van der Waals surface area contributed by atoms with Gasteiger partial charge in [-0.05, 0) is 69.0 Å². The molecule has 0 amide bonds. The van der Waals surface area contributed by atoms with E-state index in [1.807, 2.05) is 54.6 Å². The summed E-state index contributed by atoms with van der Waals surface area (Å²) in [5, 5.41) is 14.8. The third-order valence-electron chi connectivity index (χ3n) is 4.85. The standard InChI is InChI=1S/C22H29NO2.C2H2O4/c1-19-9-8-15-23(18-19)14-5-6-16-24-21-12-7-13-22(17-21)25-20-10-3-2-4-11-20;3-1(4)2(5)6/h2-4,7,10-13,17,19H,5-6,8-9,14-16,18H2,1H3;(H,3,4)(H,5,6). The zero-order valence-corrected chi connectivity index (χ0v) is 17.9. The SMILES string of the molecule is CC1CCCN(CCCCOc2cccc(Oc3ccccc3)c2)C1.O=C(O)C(=O)O. The highest BCUT2D eigenvalue weighted by Gasteiger charge is 2.15. The number of para-hydroxylation sites is 1. The molecular formula is C24H31NO6. The van der Waals surface area contributed by atoms with Crippen LogP contribution in [-0.4, -0.2) is 53.3 Å². The van der Waals surface area contributed by atoms with E-state index in [-0.39, 0.29) is 0 Å². The van der Waals surface area contributed by atoms with Crippen molar-refractivity contribution in [2.24, 2.45) is 5.92 Å². The van der Waals surface area contributed by atoms with Crippen molar-refractivity contribution in [3.05, 3.63) is 54.6 Å². The molecule has 0 radical (unpaired) electrons. The van der Waals surface area contributed by atoms with Gasteiger partial charge < -0.3 is 24.6 Å². The number of aliphatic carboxylic acids is 2. The van der Waals surface area contributed by atoms with Gasteiger partial charge in [0.05, 0.1) is 6.61 Å². The Morgan fingerprint density at radius 1 is 0.968 bits per heavy atom. The number of nitrogens with zero attached hydrogens (tertiary/aromatic N) is 1. The number of likely N-dealkylation sites (tertiary alicyclic amines) is 1. The molecule has 1 unspecified atom stereocenters. The second-order valence-electron chi connectivity index (χ2n) is 7.60. The van der Waals surface area contributed by atoms with Gasteiger partial charge in [-0.15, -0.1) is 0 Å². The number of hydrogen-bond donors (Lipinski definition) is 2. The minimum absolute atomic E-state index is 0.762. The summed E-state index contributed by atoms with van der Waals surface area (Å²) in [6.07, 6.45) is 5.04. The van der Waals surface area contributed by atoms with E-state index in [2.05, 4.69) is 11.8 Å². The molecule has 7 nitrogen and oxygen atoms in total. The summed E-state index contributed by atoms with van der Waals surface area (Å²) in [4.78, 5) is 20.8. The Morgan fingerprint density at radius 3 is 2.32 bits per heavy atom. The number of piperidine rings is 1. The normalized spacial score (nSPS) is 16.0. The molecule has 1 fully saturated rings. The maximum atomic E-state index is 9.10. The van der Waals surface area contributed by atoms with Crippen LogP contribution >= 0.6 is 0 Å². The van der Waals surface area contributed by atoms with E-state index in [9.17, 15) is 0 Å². The van der Waals surface area contributed by atoms with E-state index in [0.717, 1.165) is 36.2 Å². The van der Waals surface area contributed by atoms with Crippen molar-refractivity contribution in [1.82, 2.24) is 4.90 Å². The first-order chi connectivity index (χ1) is 14.9. The molecule has 168 valence electrons. The first kappa shape index (κ1) is 24.2. The monoisotopic (exact) mass is 429 g/mol. The fourth-order valence-corrected chi connectivity index (χ4v) is 3.37. The maximum absolute atomic E-state index is 9.10. The second kappa shape index (κ2) is 13.3. The summed E-state index contributed by atoms with van der Waals surface area (Å²) >= 11 is 0. The van der Waals surface area contributed by atoms with Crippen molar-refractivity contribution < 1.29 is 29.3 Å². The van der Waals surface area contributed by atoms with Crippen LogP contribution in [-0.2, 0) is 9.59 Å². The van der Waals surface area contributed by atoms with E-state index in [1.54, 1.807) is 0 Å². The fraction of sp³-hybridized carbons (Fsp3) is 0.417. The van der Waals surface area contributed by atoms with Crippen LogP contribution < -0.4 is 9.47 Å². The number of carbonyl (C=O) groups is 2. The van der Waals surface area contributed by atoms with Gasteiger partial charge in [-0.3, -0.25) is 0 Å². The smallest absolute Gasteiger partial charge is 0.414 e. The molecule has 7 heteroatoms. The van der Waals surface area contributed by atoms with Crippen molar-refractivity contribution in [2.75, 3.05) is 26.2 Å². The van der Waals surface area contributed by atoms with Crippen molar-refractivity contribution >= 4 is 11.9 Å². The molecule has 2 aromatic rings. The maximum Gasteiger partial charge on any atom is 0.414 e. The zero-order chi connectivity index (χ0) is 22.5. The van der Waals surface area contributed by atoms with Crippen molar-refractivity contribution in [3.8, 4) is 17.2 Å². The van der Waals surface area contributed by atoms with E-state index in [4.69, 9.17) is 29.3 Å². The third kappa shape index (κ3) is 10.00. The van der Waals surface area contributed by atoms with Gasteiger partial charge >= 0.3 is 11.9 Å². The molecule has 31 heavy (non-hydrogen) atoms. The summed E-state index contributed by atoms with van der Waals surface area (Å²) in [7, 11) is 0. The lowest BCUT2D eigenvalue weighted by atomic mass is 10.0. The van der Waals surface area contributed by atoms with E-state index in [1.165, 1.54) is 38.9 Å². The number of carboxylic acids is 2. The second-order valence-corrected chi connectivity index (χ2v) is 7.60. The molecule has 1 aliphatic heterocycles. The Morgan fingerprint density at radius 2 is 1.65 bits per heavy atom. The summed E-state index contributed by atoms with van der Waals surface area (Å²) in [5.74, 6) is -0.260. The quantitative estimate of drug-likeness (QED) is 0.470. The van der Waals surface area contributed by atoms with Gasteiger partial charge in [0.15, 0.2) is 0 Å². The predicted molar refractivity (Wildman–Crippen MR) is 118 cm³/mol. The topological polar surface area (TPSA) is 96.3 Å². The van der Waals surface area contributed by atoms with Crippen LogP contribution in [0.3, 0.4) is 0 Å². The lowest BCUT2D eigenvalue weighted by Gasteiger charge is -2.30. The Balaban J connectivity index is 0.000000501. The van der Waals surface area contributed by atoms with Crippen molar-refractivity contribution in [3.63, 3.8) is 0 Å². The molecular weight excluding hydrogens is 398 g/mol. The molecule has 1 aliphatic rings. The lowest BCUT2D eigenvalue weighted by molar-refractivity contribution is -0.159. The largest absolute Gasteiger partial charge is 0.493 e. The van der Waals surface area contributed by atoms with Gasteiger partial charge in [-0.2, -0.15) is 0 Å². The van der Waals surface area contributed by atoms with Crippen LogP contribution in [0.15, 0.2) is 54.6 Å². The van der Waals surface area contributed by atoms with Gasteiger partial charge in [0.25, 0.3) is 0 Å². The first-order valence-corrected chi connectivity index (χ1v) is 10.6. The molecule has 1 heterocycles. The van der Waals surface area contributed by atoms with E-state index < -0.39 is 11.9 Å². The van der Waals surface area contributed by atoms with Gasteiger partial charge in [0, 0.05) is 12.6 Å². The van der Waals surface area contributed by atoms with Gasteiger partial charge in [-0.25, -0.2) is 9.59 Å². The minimum Gasteiger partial charge on any atom is -0.493 e. The summed E-state index contributed by atoms with van der Waals surface area (Å²) < 4.78 is 11.7. The first-order valence-electron chi connectivity index (χ1n) is 10.6. The highest BCUT2D eigenvalue weighted by atomic mass is 16.5. The van der Waals surface area contributed by atoms with Crippen molar-refractivity contribution in [1.29, 1.82) is 0 Å². The number of carboxylic acid groups (broad SMARTS) is 2. The summed E-state index contributed by atoms with van der Waals surface area (Å²) in [5.41, 5.74) is 0. The van der Waals surface area contributed by atoms with Gasteiger partial charge in [0.2, 0.25) is 0 Å². The van der Waals surface area contributed by atoms with Crippen LogP contribution in [0, 0.1) is 5.92 Å². The molecule has 0 aliphatic carbocycles. The number of benzene rings is 2. The van der Waals surface area contributed by atoms with E-state index >= 15 is 0 Å². The average Bonchev–Trinajstić information content (AvgIpc) is 2.75.